The number of hydrogen-bond donors (Lipinski definition) is 0. The van der Waals surface area contributed by atoms with Crippen LogP contribution in [0.3, 0.4) is 0 Å². The summed E-state index contributed by atoms with van der Waals surface area (Å²) in [5, 5.41) is 0. The van der Waals surface area contributed by atoms with Gasteiger partial charge in [-0.1, -0.05) is 36.2 Å². The van der Waals surface area contributed by atoms with E-state index in [1.54, 1.807) is 11.3 Å². The summed E-state index contributed by atoms with van der Waals surface area (Å²) in [6.07, 6.45) is 6.16. The van der Waals surface area contributed by atoms with Crippen molar-refractivity contribution in [2.45, 2.75) is 39.0 Å². The summed E-state index contributed by atoms with van der Waals surface area (Å²) in [5.74, 6) is 0.179. The van der Waals surface area contributed by atoms with E-state index in [1.165, 1.54) is 35.3 Å². The molecule has 1 aliphatic rings. The maximum absolute atomic E-state index is 12.5. The van der Waals surface area contributed by atoms with E-state index >= 15 is 0 Å². The molecule has 98 valence electrons. The Morgan fingerprint density at radius 3 is 2.58 bits per heavy atom. The average molecular weight is 270 g/mol. The highest BCUT2D eigenvalue weighted by Crippen LogP contribution is 2.30. The number of carbonyl (C=O) groups excluding carboxylic acids is 1. The normalized spacial score (nSPS) is 14.8. The first-order valence-electron chi connectivity index (χ1n) is 6.97. The van der Waals surface area contributed by atoms with Crippen molar-refractivity contribution in [2.24, 2.45) is 0 Å². The highest BCUT2D eigenvalue weighted by atomic mass is 32.1. The van der Waals surface area contributed by atoms with Crippen LogP contribution in [0.2, 0.25) is 0 Å². The van der Waals surface area contributed by atoms with Gasteiger partial charge in [0.15, 0.2) is 0 Å². The summed E-state index contributed by atoms with van der Waals surface area (Å²) in [5.41, 5.74) is 3.42. The van der Waals surface area contributed by atoms with Crippen molar-refractivity contribution in [3.63, 3.8) is 0 Å². The monoisotopic (exact) mass is 270 g/mol. The van der Waals surface area contributed by atoms with Crippen LogP contribution in [0.1, 0.15) is 50.5 Å². The number of aryl methyl sites for hydroxylation is 3. The first-order chi connectivity index (χ1) is 9.24. The van der Waals surface area contributed by atoms with Crippen LogP contribution in [0.4, 0.5) is 0 Å². The third-order valence-electron chi connectivity index (χ3n) is 3.78. The topological polar surface area (TPSA) is 17.1 Å². The highest BCUT2D eigenvalue weighted by Gasteiger charge is 2.17. The number of rotatable bonds is 2. The minimum atomic E-state index is 0.179. The summed E-state index contributed by atoms with van der Waals surface area (Å²) in [6, 6.07) is 10.0. The molecule has 0 spiro atoms. The Balaban J connectivity index is 1.90. The summed E-state index contributed by atoms with van der Waals surface area (Å²) in [4.78, 5) is 14.8. The molecule has 1 aromatic heterocycles. The molecule has 1 nitrogen and oxygen atoms in total. The third-order valence-corrected chi connectivity index (χ3v) is 5.02. The molecule has 0 saturated heterocycles. The lowest BCUT2D eigenvalue weighted by Gasteiger charge is -1.99. The lowest BCUT2D eigenvalue weighted by molar-refractivity contribution is 0.104. The van der Waals surface area contributed by atoms with Gasteiger partial charge >= 0.3 is 0 Å². The number of benzene rings is 1. The molecule has 0 N–H and O–H groups in total. The Labute approximate surface area is 118 Å². The van der Waals surface area contributed by atoms with E-state index in [2.05, 4.69) is 6.07 Å². The zero-order chi connectivity index (χ0) is 13.2. The second-order valence-corrected chi connectivity index (χ2v) is 6.45. The van der Waals surface area contributed by atoms with Crippen molar-refractivity contribution in [2.75, 3.05) is 0 Å². The predicted octanol–water partition coefficient (Wildman–Crippen LogP) is 4.56. The molecule has 0 saturated carbocycles. The second kappa shape index (κ2) is 5.30. The fourth-order valence-corrected chi connectivity index (χ4v) is 3.84. The standard InChI is InChI=1S/C17H18OS/c1-12-7-9-13(10-8-12)17(18)16-11-14-5-3-2-4-6-15(14)19-16/h7-11H,2-6H2,1H3. The molecule has 2 heteroatoms. The van der Waals surface area contributed by atoms with Gasteiger partial charge in [0.05, 0.1) is 4.88 Å². The summed E-state index contributed by atoms with van der Waals surface area (Å²) in [7, 11) is 0. The molecule has 0 unspecified atom stereocenters. The van der Waals surface area contributed by atoms with Crippen molar-refractivity contribution in [3.05, 3.63) is 56.8 Å². The van der Waals surface area contributed by atoms with E-state index < -0.39 is 0 Å². The molecule has 19 heavy (non-hydrogen) atoms. The Hall–Kier alpha value is -1.41. The lowest BCUT2D eigenvalue weighted by Crippen LogP contribution is -1.98. The van der Waals surface area contributed by atoms with Crippen molar-refractivity contribution >= 4 is 17.1 Å². The Bertz CT molecular complexity index is 569. The molecule has 0 aliphatic heterocycles. The van der Waals surface area contributed by atoms with E-state index in [0.717, 1.165) is 23.3 Å². The van der Waals surface area contributed by atoms with Crippen LogP contribution in [0.15, 0.2) is 30.3 Å². The van der Waals surface area contributed by atoms with Gasteiger partial charge in [-0.2, -0.15) is 0 Å². The molecule has 3 rings (SSSR count). The summed E-state index contributed by atoms with van der Waals surface area (Å²) in [6.45, 7) is 2.04. The molecular formula is C17H18OS. The molecule has 1 aliphatic carbocycles. The van der Waals surface area contributed by atoms with Gasteiger partial charge in [0.1, 0.15) is 0 Å². The van der Waals surface area contributed by atoms with Gasteiger partial charge in [-0.15, -0.1) is 11.3 Å². The smallest absolute Gasteiger partial charge is 0.202 e. The van der Waals surface area contributed by atoms with Crippen molar-refractivity contribution < 1.29 is 4.79 Å². The molecule has 1 heterocycles. The largest absolute Gasteiger partial charge is 0.288 e. The number of fused-ring (bicyclic) bond motifs is 1. The maximum atomic E-state index is 12.5. The van der Waals surface area contributed by atoms with E-state index in [0.29, 0.717) is 0 Å². The van der Waals surface area contributed by atoms with Gasteiger partial charge in [-0.3, -0.25) is 4.79 Å². The first-order valence-corrected chi connectivity index (χ1v) is 7.78. The van der Waals surface area contributed by atoms with Crippen LogP contribution in [0, 0.1) is 6.92 Å². The molecule has 0 amide bonds. The Morgan fingerprint density at radius 1 is 1.05 bits per heavy atom. The number of ketones is 1. The zero-order valence-electron chi connectivity index (χ0n) is 11.2. The van der Waals surface area contributed by atoms with Gasteiger partial charge in [-0.05, 0) is 44.2 Å². The van der Waals surface area contributed by atoms with Crippen LogP contribution in [-0.4, -0.2) is 5.78 Å². The fourth-order valence-electron chi connectivity index (χ4n) is 2.63. The molecular weight excluding hydrogens is 252 g/mol. The SMILES string of the molecule is Cc1ccc(C(=O)c2cc3c(s2)CCCCC3)cc1. The van der Waals surface area contributed by atoms with E-state index in [-0.39, 0.29) is 5.78 Å². The maximum Gasteiger partial charge on any atom is 0.202 e. The van der Waals surface area contributed by atoms with E-state index in [9.17, 15) is 4.79 Å². The van der Waals surface area contributed by atoms with Crippen LogP contribution in [0.5, 0.6) is 0 Å². The van der Waals surface area contributed by atoms with Crippen LogP contribution in [-0.2, 0) is 12.8 Å². The van der Waals surface area contributed by atoms with Gasteiger partial charge in [-0.25, -0.2) is 0 Å². The van der Waals surface area contributed by atoms with Crippen molar-refractivity contribution in [3.8, 4) is 0 Å². The Kier molecular flexibility index (Phi) is 3.52. The molecule has 0 atom stereocenters. The number of carbonyl (C=O) groups is 1. The zero-order valence-corrected chi connectivity index (χ0v) is 12.1. The average Bonchev–Trinajstić information content (AvgIpc) is 2.70. The van der Waals surface area contributed by atoms with Crippen LogP contribution < -0.4 is 0 Å². The van der Waals surface area contributed by atoms with Gasteiger partial charge in [0, 0.05) is 10.4 Å². The number of hydrogen-bond acceptors (Lipinski definition) is 2. The van der Waals surface area contributed by atoms with E-state index in [4.69, 9.17) is 0 Å². The predicted molar refractivity (Wildman–Crippen MR) is 80.2 cm³/mol. The molecule has 2 aromatic rings. The molecule has 0 radical (unpaired) electrons. The van der Waals surface area contributed by atoms with Crippen molar-refractivity contribution in [1.29, 1.82) is 0 Å². The molecule has 0 fully saturated rings. The van der Waals surface area contributed by atoms with Gasteiger partial charge < -0.3 is 0 Å². The summed E-state index contributed by atoms with van der Waals surface area (Å²) >= 11 is 1.71. The van der Waals surface area contributed by atoms with E-state index in [1.807, 2.05) is 31.2 Å². The quantitative estimate of drug-likeness (QED) is 0.577. The highest BCUT2D eigenvalue weighted by molar-refractivity contribution is 7.14. The minimum absolute atomic E-state index is 0.179. The van der Waals surface area contributed by atoms with Gasteiger partial charge in [0.2, 0.25) is 5.78 Å². The first kappa shape index (κ1) is 12.6. The fraction of sp³-hybridized carbons (Fsp3) is 0.353. The van der Waals surface area contributed by atoms with Gasteiger partial charge in [0.25, 0.3) is 0 Å². The second-order valence-electron chi connectivity index (χ2n) is 5.31. The summed E-state index contributed by atoms with van der Waals surface area (Å²) < 4.78 is 0. The van der Waals surface area contributed by atoms with Crippen molar-refractivity contribution in [1.82, 2.24) is 0 Å². The lowest BCUT2D eigenvalue weighted by atomic mass is 10.1. The molecule has 1 aromatic carbocycles. The number of thiophene rings is 1. The minimum Gasteiger partial charge on any atom is -0.288 e. The van der Waals surface area contributed by atoms with Crippen LogP contribution >= 0.6 is 11.3 Å². The van der Waals surface area contributed by atoms with Crippen LogP contribution in [0.25, 0.3) is 0 Å². The molecule has 0 bridgehead atoms. The third kappa shape index (κ3) is 2.64. The Morgan fingerprint density at radius 2 is 1.79 bits per heavy atom.